The fourth-order valence-electron chi connectivity index (χ4n) is 2.28. The zero-order valence-corrected chi connectivity index (χ0v) is 10.4. The van der Waals surface area contributed by atoms with Gasteiger partial charge in [0.2, 0.25) is 0 Å². The minimum absolute atomic E-state index is 0.218. The SMILES string of the molecule is Clc1ccc(N2CCC3(CC2)CO3)c(Cl)c1. The molecule has 0 saturated carbocycles. The molecule has 1 spiro atoms. The van der Waals surface area contributed by atoms with Crippen molar-refractivity contribution in [2.45, 2.75) is 18.4 Å². The summed E-state index contributed by atoms with van der Waals surface area (Å²) in [5, 5.41) is 1.42. The lowest BCUT2D eigenvalue weighted by Crippen LogP contribution is -2.37. The first-order chi connectivity index (χ1) is 7.69. The minimum Gasteiger partial charge on any atom is -0.370 e. The highest BCUT2D eigenvalue weighted by atomic mass is 35.5. The predicted molar refractivity (Wildman–Crippen MR) is 66.6 cm³/mol. The molecule has 16 heavy (non-hydrogen) atoms. The Bertz CT molecular complexity index is 407. The Morgan fingerprint density at radius 2 is 1.88 bits per heavy atom. The summed E-state index contributed by atoms with van der Waals surface area (Å²) in [4.78, 5) is 2.31. The van der Waals surface area contributed by atoms with Crippen LogP contribution in [0.25, 0.3) is 0 Å². The van der Waals surface area contributed by atoms with E-state index in [0.29, 0.717) is 5.02 Å². The van der Waals surface area contributed by atoms with Crippen molar-refractivity contribution < 1.29 is 4.74 Å². The summed E-state index contributed by atoms with van der Waals surface area (Å²) in [5.41, 5.74) is 1.30. The van der Waals surface area contributed by atoms with E-state index in [4.69, 9.17) is 27.9 Å². The number of nitrogens with zero attached hydrogens (tertiary/aromatic N) is 1. The normalized spacial score (nSPS) is 22.5. The Kier molecular flexibility index (Phi) is 2.54. The number of ether oxygens (including phenoxy) is 1. The van der Waals surface area contributed by atoms with Crippen LogP contribution in [0, 0.1) is 0 Å². The summed E-state index contributed by atoms with van der Waals surface area (Å²) < 4.78 is 5.49. The van der Waals surface area contributed by atoms with Crippen molar-refractivity contribution in [2.24, 2.45) is 0 Å². The van der Waals surface area contributed by atoms with Gasteiger partial charge in [-0.05, 0) is 31.0 Å². The van der Waals surface area contributed by atoms with Crippen LogP contribution in [-0.2, 0) is 4.74 Å². The predicted octanol–water partition coefficient (Wildman–Crippen LogP) is 3.36. The number of halogens is 2. The molecule has 0 unspecified atom stereocenters. The third-order valence-corrected chi connectivity index (χ3v) is 4.02. The molecule has 4 heteroatoms. The fraction of sp³-hybridized carbons (Fsp3) is 0.500. The van der Waals surface area contributed by atoms with Gasteiger partial charge in [0, 0.05) is 18.1 Å². The highest BCUT2D eigenvalue weighted by Crippen LogP contribution is 2.40. The standard InChI is InChI=1S/C12H13Cl2NO/c13-9-1-2-11(10(14)7-9)15-5-3-12(4-6-15)8-16-12/h1-2,7H,3-6,8H2. The number of epoxide rings is 1. The maximum Gasteiger partial charge on any atom is 0.0950 e. The van der Waals surface area contributed by atoms with Gasteiger partial charge in [0.25, 0.3) is 0 Å². The zero-order valence-electron chi connectivity index (χ0n) is 8.88. The van der Waals surface area contributed by atoms with Gasteiger partial charge in [0.05, 0.1) is 22.9 Å². The molecule has 2 aliphatic heterocycles. The largest absolute Gasteiger partial charge is 0.370 e. The molecule has 0 aromatic heterocycles. The number of hydrogen-bond acceptors (Lipinski definition) is 2. The molecule has 2 aliphatic rings. The van der Waals surface area contributed by atoms with Crippen LogP contribution in [0.2, 0.25) is 10.0 Å². The topological polar surface area (TPSA) is 15.8 Å². The van der Waals surface area contributed by atoms with Crippen LogP contribution in [0.15, 0.2) is 18.2 Å². The molecular weight excluding hydrogens is 245 g/mol. The van der Waals surface area contributed by atoms with Gasteiger partial charge in [-0.25, -0.2) is 0 Å². The summed E-state index contributed by atoms with van der Waals surface area (Å²) in [6.45, 7) is 2.97. The van der Waals surface area contributed by atoms with E-state index in [0.717, 1.165) is 43.2 Å². The van der Waals surface area contributed by atoms with Crippen molar-refractivity contribution in [1.82, 2.24) is 0 Å². The minimum atomic E-state index is 0.218. The van der Waals surface area contributed by atoms with Crippen molar-refractivity contribution in [3.63, 3.8) is 0 Å². The van der Waals surface area contributed by atoms with E-state index < -0.39 is 0 Å². The van der Waals surface area contributed by atoms with Gasteiger partial charge in [-0.1, -0.05) is 23.2 Å². The van der Waals surface area contributed by atoms with E-state index in [9.17, 15) is 0 Å². The second-order valence-electron chi connectivity index (χ2n) is 4.55. The Labute approximate surface area is 105 Å². The highest BCUT2D eigenvalue weighted by Gasteiger charge is 2.46. The van der Waals surface area contributed by atoms with E-state index in [1.54, 1.807) is 6.07 Å². The first kappa shape index (κ1) is 10.7. The number of hydrogen-bond donors (Lipinski definition) is 0. The Morgan fingerprint density at radius 1 is 1.19 bits per heavy atom. The molecule has 0 amide bonds. The molecule has 86 valence electrons. The number of rotatable bonds is 1. The number of piperidine rings is 1. The maximum absolute atomic E-state index is 6.19. The van der Waals surface area contributed by atoms with E-state index in [1.807, 2.05) is 12.1 Å². The molecule has 0 aliphatic carbocycles. The lowest BCUT2D eigenvalue weighted by Gasteiger charge is -2.32. The Hall–Kier alpha value is -0.440. The van der Waals surface area contributed by atoms with Crippen LogP contribution < -0.4 is 4.90 Å². The van der Waals surface area contributed by atoms with E-state index in [1.165, 1.54) is 0 Å². The molecule has 1 aromatic carbocycles. The molecule has 2 nitrogen and oxygen atoms in total. The first-order valence-corrected chi connectivity index (χ1v) is 6.28. The molecule has 0 bridgehead atoms. The van der Waals surface area contributed by atoms with E-state index in [2.05, 4.69) is 4.90 Å². The monoisotopic (exact) mass is 257 g/mol. The van der Waals surface area contributed by atoms with E-state index in [-0.39, 0.29) is 5.60 Å². The molecule has 0 atom stereocenters. The number of anilines is 1. The lowest BCUT2D eigenvalue weighted by molar-refractivity contribution is 0.259. The molecule has 0 radical (unpaired) electrons. The van der Waals surface area contributed by atoms with Crippen molar-refractivity contribution in [3.05, 3.63) is 28.2 Å². The Morgan fingerprint density at radius 3 is 2.44 bits per heavy atom. The van der Waals surface area contributed by atoms with Crippen molar-refractivity contribution in [1.29, 1.82) is 0 Å². The first-order valence-electron chi connectivity index (χ1n) is 5.53. The molecular formula is C12H13Cl2NO. The highest BCUT2D eigenvalue weighted by molar-refractivity contribution is 6.36. The van der Waals surface area contributed by atoms with Crippen LogP contribution in [0.4, 0.5) is 5.69 Å². The van der Waals surface area contributed by atoms with Crippen molar-refractivity contribution >= 4 is 28.9 Å². The van der Waals surface area contributed by atoms with Gasteiger partial charge in [-0.2, -0.15) is 0 Å². The van der Waals surface area contributed by atoms with E-state index >= 15 is 0 Å². The van der Waals surface area contributed by atoms with Crippen LogP contribution in [0.1, 0.15) is 12.8 Å². The number of benzene rings is 1. The second kappa shape index (κ2) is 3.80. The van der Waals surface area contributed by atoms with Gasteiger partial charge in [-0.3, -0.25) is 0 Å². The molecule has 3 rings (SSSR count). The van der Waals surface area contributed by atoms with Gasteiger partial charge < -0.3 is 9.64 Å². The van der Waals surface area contributed by atoms with Crippen LogP contribution in [-0.4, -0.2) is 25.3 Å². The third-order valence-electron chi connectivity index (χ3n) is 3.48. The smallest absolute Gasteiger partial charge is 0.0950 e. The summed E-state index contributed by atoms with van der Waals surface area (Å²) in [6, 6.07) is 5.69. The van der Waals surface area contributed by atoms with Gasteiger partial charge >= 0.3 is 0 Å². The van der Waals surface area contributed by atoms with Gasteiger partial charge in [-0.15, -0.1) is 0 Å². The van der Waals surface area contributed by atoms with Gasteiger partial charge in [0.15, 0.2) is 0 Å². The average molecular weight is 258 g/mol. The molecule has 2 saturated heterocycles. The van der Waals surface area contributed by atoms with Crippen LogP contribution in [0.5, 0.6) is 0 Å². The molecule has 2 fully saturated rings. The zero-order chi connectivity index (χ0) is 11.2. The fourth-order valence-corrected chi connectivity index (χ4v) is 2.81. The maximum atomic E-state index is 6.19. The Balaban J connectivity index is 1.77. The summed E-state index contributed by atoms with van der Waals surface area (Å²) in [5.74, 6) is 0. The van der Waals surface area contributed by atoms with Crippen molar-refractivity contribution in [2.75, 3.05) is 24.6 Å². The molecule has 2 heterocycles. The summed E-state index contributed by atoms with van der Waals surface area (Å²) in [7, 11) is 0. The summed E-state index contributed by atoms with van der Waals surface area (Å²) in [6.07, 6.45) is 2.21. The van der Waals surface area contributed by atoms with Gasteiger partial charge in [0.1, 0.15) is 0 Å². The van der Waals surface area contributed by atoms with Crippen molar-refractivity contribution in [3.8, 4) is 0 Å². The molecule has 0 N–H and O–H groups in total. The average Bonchev–Trinajstić information content (AvgIpc) is 3.00. The third kappa shape index (κ3) is 1.90. The molecule has 1 aromatic rings. The van der Waals surface area contributed by atoms with Crippen LogP contribution in [0.3, 0.4) is 0 Å². The lowest BCUT2D eigenvalue weighted by atomic mass is 9.97. The quantitative estimate of drug-likeness (QED) is 0.718. The summed E-state index contributed by atoms with van der Waals surface area (Å²) >= 11 is 12.1. The van der Waals surface area contributed by atoms with Crippen LogP contribution >= 0.6 is 23.2 Å². The second-order valence-corrected chi connectivity index (χ2v) is 5.40.